The summed E-state index contributed by atoms with van der Waals surface area (Å²) in [6, 6.07) is 12.1. The van der Waals surface area contributed by atoms with Gasteiger partial charge in [0.05, 0.1) is 0 Å². The molecule has 2 nitrogen and oxygen atoms in total. The minimum Gasteiger partial charge on any atom is -0.306 e. The highest BCUT2D eigenvalue weighted by molar-refractivity contribution is 5.19. The van der Waals surface area contributed by atoms with Crippen LogP contribution in [0.4, 0.5) is 0 Å². The van der Waals surface area contributed by atoms with Crippen LogP contribution in [0.2, 0.25) is 0 Å². The largest absolute Gasteiger partial charge is 0.306 e. The molecule has 0 bridgehead atoms. The fraction of sp³-hybridized carbons (Fsp3) is 0.667. The molecule has 1 fully saturated rings. The second-order valence-corrected chi connectivity index (χ2v) is 6.49. The van der Waals surface area contributed by atoms with Crippen LogP contribution in [-0.2, 0) is 0 Å². The molecule has 1 heterocycles. The van der Waals surface area contributed by atoms with Crippen molar-refractivity contribution in [2.24, 2.45) is 5.92 Å². The maximum absolute atomic E-state index is 3.93. The average molecular weight is 274 g/mol. The second kappa shape index (κ2) is 7.80. The Kier molecular flexibility index (Phi) is 6.06. The Labute approximate surface area is 124 Å². The van der Waals surface area contributed by atoms with Crippen LogP contribution in [0.15, 0.2) is 30.3 Å². The van der Waals surface area contributed by atoms with E-state index in [2.05, 4.69) is 61.3 Å². The standard InChI is InChI=1S/C18H30N2/c1-4-20-12-8-11-17(14-20)19-18(13-15(2)3)16-9-6-5-7-10-16/h5-7,9-10,15,17-19H,4,8,11-14H2,1-3H3. The van der Waals surface area contributed by atoms with Gasteiger partial charge in [-0.15, -0.1) is 0 Å². The fourth-order valence-electron chi connectivity index (χ4n) is 3.22. The molecule has 0 saturated carbocycles. The minimum atomic E-state index is 0.498. The van der Waals surface area contributed by atoms with Crippen LogP contribution >= 0.6 is 0 Å². The summed E-state index contributed by atoms with van der Waals surface area (Å²) < 4.78 is 0. The number of nitrogens with zero attached hydrogens (tertiary/aromatic N) is 1. The molecule has 1 aromatic carbocycles. The minimum absolute atomic E-state index is 0.498. The van der Waals surface area contributed by atoms with Crippen LogP contribution in [0.1, 0.15) is 51.6 Å². The highest BCUT2D eigenvalue weighted by Gasteiger charge is 2.22. The molecule has 1 aliphatic heterocycles. The van der Waals surface area contributed by atoms with Crippen LogP contribution in [0.25, 0.3) is 0 Å². The molecule has 112 valence electrons. The van der Waals surface area contributed by atoms with Gasteiger partial charge in [0.2, 0.25) is 0 Å². The maximum Gasteiger partial charge on any atom is 0.0325 e. The Bertz CT molecular complexity index is 374. The monoisotopic (exact) mass is 274 g/mol. The number of hydrogen-bond acceptors (Lipinski definition) is 2. The number of rotatable bonds is 6. The van der Waals surface area contributed by atoms with Gasteiger partial charge in [-0.3, -0.25) is 0 Å². The molecule has 0 radical (unpaired) electrons. The van der Waals surface area contributed by atoms with Gasteiger partial charge in [0.25, 0.3) is 0 Å². The van der Waals surface area contributed by atoms with E-state index in [0.29, 0.717) is 12.1 Å². The molecule has 0 spiro atoms. The lowest BCUT2D eigenvalue weighted by atomic mass is 9.95. The molecular weight excluding hydrogens is 244 g/mol. The van der Waals surface area contributed by atoms with Gasteiger partial charge in [0, 0.05) is 18.6 Å². The fourth-order valence-corrected chi connectivity index (χ4v) is 3.22. The Morgan fingerprint density at radius 3 is 2.65 bits per heavy atom. The first-order chi connectivity index (χ1) is 9.69. The van der Waals surface area contributed by atoms with Gasteiger partial charge >= 0.3 is 0 Å². The van der Waals surface area contributed by atoms with Crippen molar-refractivity contribution in [1.29, 1.82) is 0 Å². The molecule has 20 heavy (non-hydrogen) atoms. The summed E-state index contributed by atoms with van der Waals surface area (Å²) in [5.41, 5.74) is 1.44. The van der Waals surface area contributed by atoms with Crippen molar-refractivity contribution in [2.45, 2.75) is 52.1 Å². The predicted octanol–water partition coefficient (Wildman–Crippen LogP) is 3.85. The van der Waals surface area contributed by atoms with Crippen molar-refractivity contribution in [3.8, 4) is 0 Å². The van der Waals surface area contributed by atoms with Crippen molar-refractivity contribution in [2.75, 3.05) is 19.6 Å². The summed E-state index contributed by atoms with van der Waals surface area (Å²) in [7, 11) is 0. The number of benzene rings is 1. The number of likely N-dealkylation sites (tertiary alicyclic amines) is 1. The normalized spacial score (nSPS) is 22.1. The van der Waals surface area contributed by atoms with E-state index in [4.69, 9.17) is 0 Å². The first-order valence-corrected chi connectivity index (χ1v) is 8.22. The first-order valence-electron chi connectivity index (χ1n) is 8.22. The van der Waals surface area contributed by atoms with E-state index in [1.54, 1.807) is 0 Å². The summed E-state index contributed by atoms with van der Waals surface area (Å²) in [5, 5.41) is 3.93. The van der Waals surface area contributed by atoms with Gasteiger partial charge in [-0.05, 0) is 43.8 Å². The van der Waals surface area contributed by atoms with E-state index < -0.39 is 0 Å². The molecule has 0 amide bonds. The zero-order valence-corrected chi connectivity index (χ0v) is 13.3. The molecule has 1 N–H and O–H groups in total. The first kappa shape index (κ1) is 15.5. The molecule has 1 aromatic rings. The number of nitrogens with one attached hydrogen (secondary N) is 1. The maximum atomic E-state index is 3.93. The van der Waals surface area contributed by atoms with Gasteiger partial charge in [0.15, 0.2) is 0 Å². The Balaban J connectivity index is 2.00. The summed E-state index contributed by atoms with van der Waals surface area (Å²) in [4.78, 5) is 2.57. The highest BCUT2D eigenvalue weighted by Crippen LogP contribution is 2.23. The van der Waals surface area contributed by atoms with E-state index in [1.807, 2.05) is 0 Å². The summed E-state index contributed by atoms with van der Waals surface area (Å²) in [6.45, 7) is 10.6. The van der Waals surface area contributed by atoms with Crippen molar-refractivity contribution in [3.05, 3.63) is 35.9 Å². The molecular formula is C18H30N2. The van der Waals surface area contributed by atoms with Crippen molar-refractivity contribution in [3.63, 3.8) is 0 Å². The summed E-state index contributed by atoms with van der Waals surface area (Å²) in [6.07, 6.45) is 3.86. The SMILES string of the molecule is CCN1CCCC(NC(CC(C)C)c2ccccc2)C1. The predicted molar refractivity (Wildman–Crippen MR) is 86.9 cm³/mol. The van der Waals surface area contributed by atoms with Gasteiger partial charge in [-0.1, -0.05) is 51.1 Å². The third-order valence-electron chi connectivity index (χ3n) is 4.30. The van der Waals surface area contributed by atoms with Gasteiger partial charge in [-0.25, -0.2) is 0 Å². The Morgan fingerprint density at radius 1 is 1.25 bits per heavy atom. The average Bonchev–Trinajstić information content (AvgIpc) is 2.47. The van der Waals surface area contributed by atoms with Crippen molar-refractivity contribution >= 4 is 0 Å². The topological polar surface area (TPSA) is 15.3 Å². The van der Waals surface area contributed by atoms with Gasteiger partial charge in [-0.2, -0.15) is 0 Å². The lowest BCUT2D eigenvalue weighted by Crippen LogP contribution is -2.46. The van der Waals surface area contributed by atoms with E-state index in [-0.39, 0.29) is 0 Å². The molecule has 2 atom stereocenters. The lowest BCUT2D eigenvalue weighted by Gasteiger charge is -2.35. The van der Waals surface area contributed by atoms with Crippen molar-refractivity contribution in [1.82, 2.24) is 10.2 Å². The van der Waals surface area contributed by atoms with Gasteiger partial charge in [0.1, 0.15) is 0 Å². The molecule has 2 unspecified atom stereocenters. The summed E-state index contributed by atoms with van der Waals surface area (Å²) in [5.74, 6) is 0.721. The molecule has 1 saturated heterocycles. The quantitative estimate of drug-likeness (QED) is 0.847. The molecule has 0 aliphatic carbocycles. The van der Waals surface area contributed by atoms with Crippen LogP contribution in [0, 0.1) is 5.92 Å². The second-order valence-electron chi connectivity index (χ2n) is 6.49. The van der Waals surface area contributed by atoms with Crippen LogP contribution in [0.3, 0.4) is 0 Å². The summed E-state index contributed by atoms with van der Waals surface area (Å²) >= 11 is 0. The molecule has 0 aromatic heterocycles. The van der Waals surface area contributed by atoms with Crippen LogP contribution in [0.5, 0.6) is 0 Å². The van der Waals surface area contributed by atoms with E-state index in [1.165, 1.54) is 44.5 Å². The van der Waals surface area contributed by atoms with E-state index in [0.717, 1.165) is 5.92 Å². The van der Waals surface area contributed by atoms with E-state index in [9.17, 15) is 0 Å². The highest BCUT2D eigenvalue weighted by atomic mass is 15.2. The third-order valence-corrected chi connectivity index (χ3v) is 4.30. The number of piperidine rings is 1. The lowest BCUT2D eigenvalue weighted by molar-refractivity contribution is 0.186. The van der Waals surface area contributed by atoms with Crippen LogP contribution < -0.4 is 5.32 Å². The van der Waals surface area contributed by atoms with Crippen molar-refractivity contribution < 1.29 is 0 Å². The zero-order chi connectivity index (χ0) is 14.4. The Morgan fingerprint density at radius 2 is 2.00 bits per heavy atom. The third kappa shape index (κ3) is 4.60. The number of likely N-dealkylation sites (N-methyl/N-ethyl adjacent to an activating group) is 1. The molecule has 1 aliphatic rings. The smallest absolute Gasteiger partial charge is 0.0325 e. The molecule has 2 heteroatoms. The Hall–Kier alpha value is -0.860. The van der Waals surface area contributed by atoms with Gasteiger partial charge < -0.3 is 10.2 Å². The number of hydrogen-bond donors (Lipinski definition) is 1. The molecule has 2 rings (SSSR count). The van der Waals surface area contributed by atoms with Crippen LogP contribution in [-0.4, -0.2) is 30.6 Å². The van der Waals surface area contributed by atoms with E-state index >= 15 is 0 Å². The zero-order valence-electron chi connectivity index (χ0n) is 13.3.